The molecule has 0 fully saturated rings. The highest BCUT2D eigenvalue weighted by Crippen LogP contribution is 2.30. The molecule has 5 heteroatoms. The van der Waals surface area contributed by atoms with Gasteiger partial charge in [-0.15, -0.1) is 0 Å². The molecule has 2 nitrogen and oxygen atoms in total. The number of nitrogens with one attached hydrogen (secondary N) is 1. The summed E-state index contributed by atoms with van der Waals surface area (Å²) in [6.45, 7) is 5.11. The highest BCUT2D eigenvalue weighted by Gasteiger charge is 2.32. The fraction of sp³-hybridized carbons (Fsp3) is 0.600. The molecule has 0 bridgehead atoms. The predicted molar refractivity (Wildman–Crippen MR) is 73.9 cm³/mol. The highest BCUT2D eigenvalue weighted by molar-refractivity contribution is 5.29. The molecule has 0 amide bonds. The summed E-state index contributed by atoms with van der Waals surface area (Å²) in [5.41, 5.74) is 0.639. The average molecular weight is 289 g/mol. The van der Waals surface area contributed by atoms with Crippen LogP contribution < -0.4 is 10.1 Å². The van der Waals surface area contributed by atoms with Gasteiger partial charge in [-0.1, -0.05) is 26.0 Å². The van der Waals surface area contributed by atoms with Crippen molar-refractivity contribution >= 4 is 0 Å². The quantitative estimate of drug-likeness (QED) is 0.762. The van der Waals surface area contributed by atoms with Crippen LogP contribution in [0.2, 0.25) is 0 Å². The Morgan fingerprint density at radius 3 is 2.25 bits per heavy atom. The normalized spacial score (nSPS) is 13.2. The van der Waals surface area contributed by atoms with Gasteiger partial charge in [0.2, 0.25) is 0 Å². The molecular formula is C15H22F3NO. The first kappa shape index (κ1) is 16.8. The van der Waals surface area contributed by atoms with Crippen LogP contribution in [0.5, 0.6) is 5.75 Å². The molecule has 1 aromatic carbocycles. The molecule has 1 unspecified atom stereocenters. The maximum Gasteiger partial charge on any atom is 0.390 e. The van der Waals surface area contributed by atoms with Crippen LogP contribution in [-0.2, 0) is 0 Å². The third-order valence-corrected chi connectivity index (χ3v) is 2.83. The van der Waals surface area contributed by atoms with Crippen LogP contribution in [-0.4, -0.2) is 19.3 Å². The average Bonchev–Trinajstić information content (AvgIpc) is 2.40. The smallest absolute Gasteiger partial charge is 0.390 e. The molecule has 0 radical (unpaired) electrons. The van der Waals surface area contributed by atoms with Crippen molar-refractivity contribution in [2.24, 2.45) is 0 Å². The molecular weight excluding hydrogens is 267 g/mol. The van der Waals surface area contributed by atoms with Gasteiger partial charge in [0.1, 0.15) is 5.75 Å². The summed E-state index contributed by atoms with van der Waals surface area (Å²) in [4.78, 5) is 0. The van der Waals surface area contributed by atoms with E-state index in [9.17, 15) is 13.2 Å². The molecule has 114 valence electrons. The molecule has 1 atom stereocenters. The zero-order valence-electron chi connectivity index (χ0n) is 12.0. The summed E-state index contributed by atoms with van der Waals surface area (Å²) in [5.74, 6) is 0.692. The lowest BCUT2D eigenvalue weighted by molar-refractivity contribution is -0.140. The third kappa shape index (κ3) is 6.28. The topological polar surface area (TPSA) is 21.3 Å². The number of rotatable bonds is 8. The Morgan fingerprint density at radius 2 is 1.75 bits per heavy atom. The van der Waals surface area contributed by atoms with Gasteiger partial charge in [0, 0.05) is 6.04 Å². The van der Waals surface area contributed by atoms with Crippen LogP contribution in [0.15, 0.2) is 24.3 Å². The Morgan fingerprint density at radius 1 is 1.10 bits per heavy atom. The Labute approximate surface area is 118 Å². The fourth-order valence-corrected chi connectivity index (χ4v) is 1.87. The molecule has 0 aromatic heterocycles. The summed E-state index contributed by atoms with van der Waals surface area (Å²) in [6, 6.07) is 6.15. The van der Waals surface area contributed by atoms with Crippen LogP contribution >= 0.6 is 0 Å². The first-order valence-corrected chi connectivity index (χ1v) is 6.99. The minimum absolute atomic E-state index is 0.564. The lowest BCUT2D eigenvalue weighted by atomic mass is 10.0. The second-order valence-electron chi connectivity index (χ2n) is 4.74. The van der Waals surface area contributed by atoms with Crippen molar-refractivity contribution in [3.8, 4) is 5.75 Å². The van der Waals surface area contributed by atoms with Crippen LogP contribution in [0.25, 0.3) is 0 Å². The van der Waals surface area contributed by atoms with E-state index in [4.69, 9.17) is 4.74 Å². The van der Waals surface area contributed by atoms with Gasteiger partial charge in [-0.25, -0.2) is 0 Å². The van der Waals surface area contributed by atoms with E-state index in [1.54, 1.807) is 24.3 Å². The molecule has 1 rings (SSSR count). The van der Waals surface area contributed by atoms with E-state index in [2.05, 4.69) is 5.32 Å². The Bertz CT molecular complexity index is 376. The van der Waals surface area contributed by atoms with Crippen LogP contribution in [0, 0.1) is 0 Å². The number of ether oxygens (including phenoxy) is 1. The van der Waals surface area contributed by atoms with Gasteiger partial charge in [-0.3, -0.25) is 0 Å². The van der Waals surface area contributed by atoms with Crippen molar-refractivity contribution in [1.29, 1.82) is 0 Å². The number of benzene rings is 1. The third-order valence-electron chi connectivity index (χ3n) is 2.83. The molecule has 20 heavy (non-hydrogen) atoms. The minimum atomic E-state index is -4.18. The van der Waals surface area contributed by atoms with E-state index in [-0.39, 0.29) is 0 Å². The van der Waals surface area contributed by atoms with Gasteiger partial charge in [-0.2, -0.15) is 13.2 Å². The molecule has 0 spiro atoms. The summed E-state index contributed by atoms with van der Waals surface area (Å²) < 4.78 is 43.2. The number of hydrogen-bond acceptors (Lipinski definition) is 2. The lowest BCUT2D eigenvalue weighted by Crippen LogP contribution is -2.27. The molecule has 0 aliphatic rings. The van der Waals surface area contributed by atoms with E-state index in [1.165, 1.54) is 0 Å². The van der Waals surface area contributed by atoms with Gasteiger partial charge >= 0.3 is 6.18 Å². The molecule has 0 aliphatic carbocycles. The fourth-order valence-electron chi connectivity index (χ4n) is 1.87. The molecule has 0 saturated carbocycles. The Kier molecular flexibility index (Phi) is 6.85. The first-order valence-electron chi connectivity index (χ1n) is 6.99. The molecule has 0 aliphatic heterocycles. The van der Waals surface area contributed by atoms with Crippen LogP contribution in [0.1, 0.15) is 44.7 Å². The summed E-state index contributed by atoms with van der Waals surface area (Å²) >= 11 is 0. The number of hydrogen-bond donors (Lipinski definition) is 1. The van der Waals surface area contributed by atoms with Crippen LogP contribution in [0.3, 0.4) is 0 Å². The van der Waals surface area contributed by atoms with E-state index in [0.717, 1.165) is 12.8 Å². The van der Waals surface area contributed by atoms with E-state index in [1.807, 2.05) is 13.8 Å². The summed E-state index contributed by atoms with van der Waals surface area (Å²) in [5, 5.41) is 2.94. The van der Waals surface area contributed by atoms with Gasteiger partial charge in [0.15, 0.2) is 0 Å². The second kappa shape index (κ2) is 8.15. The summed E-state index contributed by atoms with van der Waals surface area (Å²) in [7, 11) is 0. The van der Waals surface area contributed by atoms with E-state index >= 15 is 0 Å². The van der Waals surface area contributed by atoms with Gasteiger partial charge in [0.25, 0.3) is 0 Å². The van der Waals surface area contributed by atoms with E-state index in [0.29, 0.717) is 24.5 Å². The molecule has 1 N–H and O–H groups in total. The summed E-state index contributed by atoms with van der Waals surface area (Å²) in [6.07, 6.45) is -3.34. The standard InChI is InChI=1S/C15H22F3NO/c1-3-9-19-14(11-15(16,17)18)12-5-7-13(8-6-12)20-10-4-2/h5-8,14,19H,3-4,9-11H2,1-2H3. The SMILES string of the molecule is CCCNC(CC(F)(F)F)c1ccc(OCCC)cc1. The lowest BCUT2D eigenvalue weighted by Gasteiger charge is -2.20. The van der Waals surface area contributed by atoms with Crippen molar-refractivity contribution in [2.75, 3.05) is 13.2 Å². The predicted octanol–water partition coefficient (Wildman–Crippen LogP) is 4.47. The zero-order valence-corrected chi connectivity index (χ0v) is 12.0. The largest absolute Gasteiger partial charge is 0.494 e. The second-order valence-corrected chi connectivity index (χ2v) is 4.74. The maximum atomic E-state index is 12.6. The maximum absolute atomic E-state index is 12.6. The van der Waals surface area contributed by atoms with Crippen LogP contribution in [0.4, 0.5) is 13.2 Å². The van der Waals surface area contributed by atoms with Gasteiger partial charge in [-0.05, 0) is 37.1 Å². The zero-order chi connectivity index (χ0) is 15.0. The van der Waals surface area contributed by atoms with Crippen molar-refractivity contribution in [3.05, 3.63) is 29.8 Å². The number of alkyl halides is 3. The van der Waals surface area contributed by atoms with Crippen molar-refractivity contribution < 1.29 is 17.9 Å². The van der Waals surface area contributed by atoms with Crippen molar-refractivity contribution in [3.63, 3.8) is 0 Å². The monoisotopic (exact) mass is 289 g/mol. The Balaban J connectivity index is 2.73. The van der Waals surface area contributed by atoms with Crippen molar-refractivity contribution in [1.82, 2.24) is 5.32 Å². The molecule has 1 aromatic rings. The number of halogens is 3. The Hall–Kier alpha value is -1.23. The van der Waals surface area contributed by atoms with Gasteiger partial charge in [0.05, 0.1) is 13.0 Å². The minimum Gasteiger partial charge on any atom is -0.494 e. The molecule has 0 heterocycles. The van der Waals surface area contributed by atoms with Crippen molar-refractivity contribution in [2.45, 2.75) is 45.3 Å². The van der Waals surface area contributed by atoms with E-state index < -0.39 is 18.6 Å². The molecule has 0 saturated heterocycles. The van der Waals surface area contributed by atoms with Gasteiger partial charge < -0.3 is 10.1 Å². The first-order chi connectivity index (χ1) is 9.46. The highest BCUT2D eigenvalue weighted by atomic mass is 19.4.